The molecule has 2 bridgehead atoms. The van der Waals surface area contributed by atoms with Gasteiger partial charge in [0.2, 0.25) is 5.91 Å². The Balaban J connectivity index is 1.75. The third-order valence-corrected chi connectivity index (χ3v) is 4.74. The molecule has 3 aliphatic heterocycles. The Hall–Kier alpha value is -1.85. The molecule has 3 heterocycles. The van der Waals surface area contributed by atoms with Crippen LogP contribution in [0, 0.1) is 11.8 Å². The maximum absolute atomic E-state index is 12.7. The first kappa shape index (κ1) is 12.9. The number of hydrogen-bond donors (Lipinski definition) is 1. The van der Waals surface area contributed by atoms with Crippen LogP contribution in [0.4, 0.5) is 5.69 Å². The van der Waals surface area contributed by atoms with Crippen LogP contribution in [0.2, 0.25) is 5.02 Å². The van der Waals surface area contributed by atoms with Crippen LogP contribution in [0.1, 0.15) is 0 Å². The number of ether oxygens (including phenoxy) is 1. The van der Waals surface area contributed by atoms with Crippen LogP contribution in [0.5, 0.6) is 0 Å². The quantitative estimate of drug-likeness (QED) is 0.845. The Labute approximate surface area is 125 Å². The summed E-state index contributed by atoms with van der Waals surface area (Å²) in [6, 6.07) is 6.97. The summed E-state index contributed by atoms with van der Waals surface area (Å²) >= 11 is 5.97. The molecule has 4 rings (SSSR count). The van der Waals surface area contributed by atoms with Gasteiger partial charge in [-0.25, -0.2) is 0 Å². The molecule has 2 fully saturated rings. The summed E-state index contributed by atoms with van der Waals surface area (Å²) in [5, 5.41) is 9.92. The van der Waals surface area contributed by atoms with Crippen molar-refractivity contribution in [3.63, 3.8) is 0 Å². The summed E-state index contributed by atoms with van der Waals surface area (Å²) < 4.78 is 5.82. The molecule has 1 aromatic rings. The van der Waals surface area contributed by atoms with Gasteiger partial charge in [-0.1, -0.05) is 29.8 Å². The van der Waals surface area contributed by atoms with Gasteiger partial charge in [0.15, 0.2) is 0 Å². The van der Waals surface area contributed by atoms with Crippen molar-refractivity contribution in [3.05, 3.63) is 41.4 Å². The summed E-state index contributed by atoms with van der Waals surface area (Å²) in [7, 11) is 0. The molecular formula is C15H12ClNO4. The largest absolute Gasteiger partial charge is 0.481 e. The zero-order valence-electron chi connectivity index (χ0n) is 10.9. The minimum atomic E-state index is -0.988. The molecule has 0 saturated carbocycles. The standard InChI is InChI=1S/C15H12ClNO4/c16-8-2-1-3-9(6-8)17-7-15-5-4-10(21-15)11(14(19)20)12(15)13(17)18/h1-6,10-12H,7H2,(H,19,20)/t10-,11-,12+,15+/m0/s1. The van der Waals surface area contributed by atoms with Crippen molar-refractivity contribution in [1.82, 2.24) is 0 Å². The van der Waals surface area contributed by atoms with Crippen LogP contribution >= 0.6 is 11.6 Å². The first-order chi connectivity index (χ1) is 10.0. The van der Waals surface area contributed by atoms with Gasteiger partial charge < -0.3 is 14.7 Å². The summed E-state index contributed by atoms with van der Waals surface area (Å²) in [5.74, 6) is -2.68. The van der Waals surface area contributed by atoms with E-state index in [9.17, 15) is 14.7 Å². The van der Waals surface area contributed by atoms with E-state index in [4.69, 9.17) is 16.3 Å². The molecule has 1 aromatic carbocycles. The van der Waals surface area contributed by atoms with Gasteiger partial charge in [0.1, 0.15) is 11.5 Å². The smallest absolute Gasteiger partial charge is 0.310 e. The van der Waals surface area contributed by atoms with Crippen molar-refractivity contribution in [3.8, 4) is 0 Å². The van der Waals surface area contributed by atoms with Crippen molar-refractivity contribution in [2.75, 3.05) is 11.4 Å². The van der Waals surface area contributed by atoms with Crippen LogP contribution in [-0.2, 0) is 14.3 Å². The molecule has 2 saturated heterocycles. The number of carboxylic acids is 1. The van der Waals surface area contributed by atoms with Gasteiger partial charge in [-0.2, -0.15) is 0 Å². The third kappa shape index (κ3) is 1.61. The third-order valence-electron chi connectivity index (χ3n) is 4.51. The Morgan fingerprint density at radius 3 is 3.00 bits per heavy atom. The number of anilines is 1. The second-order valence-corrected chi connectivity index (χ2v) is 6.08. The topological polar surface area (TPSA) is 66.8 Å². The van der Waals surface area contributed by atoms with Crippen LogP contribution in [0.15, 0.2) is 36.4 Å². The molecule has 5 nitrogen and oxygen atoms in total. The minimum Gasteiger partial charge on any atom is -0.481 e. The number of hydrogen-bond acceptors (Lipinski definition) is 3. The van der Waals surface area contributed by atoms with Crippen molar-refractivity contribution >= 4 is 29.2 Å². The second-order valence-electron chi connectivity index (χ2n) is 5.64. The maximum Gasteiger partial charge on any atom is 0.310 e. The number of halogens is 1. The van der Waals surface area contributed by atoms with E-state index in [1.165, 1.54) is 0 Å². The molecule has 4 atom stereocenters. The zero-order chi connectivity index (χ0) is 14.8. The Morgan fingerprint density at radius 2 is 2.29 bits per heavy atom. The molecule has 108 valence electrons. The summed E-state index contributed by atoms with van der Waals surface area (Å²) in [6.45, 7) is 0.327. The number of benzene rings is 1. The number of nitrogens with zero attached hydrogens (tertiary/aromatic N) is 1. The molecule has 0 aromatic heterocycles. The molecule has 6 heteroatoms. The molecule has 21 heavy (non-hydrogen) atoms. The van der Waals surface area contributed by atoms with Crippen molar-refractivity contribution < 1.29 is 19.4 Å². The van der Waals surface area contributed by atoms with Gasteiger partial charge in [0, 0.05) is 10.7 Å². The number of fused-ring (bicyclic) bond motifs is 1. The van der Waals surface area contributed by atoms with Crippen molar-refractivity contribution in [2.24, 2.45) is 11.8 Å². The van der Waals surface area contributed by atoms with E-state index in [2.05, 4.69) is 0 Å². The van der Waals surface area contributed by atoms with Crippen LogP contribution in [0.25, 0.3) is 0 Å². The highest BCUT2D eigenvalue weighted by molar-refractivity contribution is 6.31. The van der Waals surface area contributed by atoms with Gasteiger partial charge >= 0.3 is 5.97 Å². The molecule has 0 aliphatic carbocycles. The lowest BCUT2D eigenvalue weighted by Crippen LogP contribution is -2.39. The van der Waals surface area contributed by atoms with Gasteiger partial charge in [-0.3, -0.25) is 9.59 Å². The average molecular weight is 306 g/mol. The SMILES string of the molecule is O=C(O)[C@H]1[C@@H]2C=C[C@]3(CN(c4cccc(Cl)c4)C(=O)[C@@H]13)O2. The zero-order valence-corrected chi connectivity index (χ0v) is 11.7. The number of amides is 1. The predicted octanol–water partition coefficient (Wildman–Crippen LogP) is 1.71. The molecule has 1 spiro atoms. The number of carbonyl (C=O) groups is 2. The molecule has 1 N–H and O–H groups in total. The van der Waals surface area contributed by atoms with Crippen molar-refractivity contribution in [2.45, 2.75) is 11.7 Å². The highest BCUT2D eigenvalue weighted by atomic mass is 35.5. The van der Waals surface area contributed by atoms with Gasteiger partial charge in [0.05, 0.1) is 18.6 Å². The van der Waals surface area contributed by atoms with E-state index in [-0.39, 0.29) is 5.91 Å². The highest BCUT2D eigenvalue weighted by Crippen LogP contribution is 2.52. The number of aliphatic carboxylic acids is 1. The van der Waals surface area contributed by atoms with E-state index in [1.807, 2.05) is 6.08 Å². The van der Waals surface area contributed by atoms with E-state index in [1.54, 1.807) is 35.2 Å². The number of rotatable bonds is 2. The molecule has 3 aliphatic rings. The van der Waals surface area contributed by atoms with E-state index in [0.717, 1.165) is 0 Å². The monoisotopic (exact) mass is 305 g/mol. The number of carboxylic acid groups (broad SMARTS) is 1. The Kier molecular flexibility index (Phi) is 2.50. The average Bonchev–Trinajstić information content (AvgIpc) is 3.07. The van der Waals surface area contributed by atoms with E-state index >= 15 is 0 Å². The minimum absolute atomic E-state index is 0.212. The molecule has 0 radical (unpaired) electrons. The summed E-state index contributed by atoms with van der Waals surface area (Å²) in [4.78, 5) is 25.7. The van der Waals surface area contributed by atoms with E-state index < -0.39 is 29.5 Å². The predicted molar refractivity (Wildman–Crippen MR) is 75.2 cm³/mol. The van der Waals surface area contributed by atoms with Gasteiger partial charge in [0.25, 0.3) is 0 Å². The van der Waals surface area contributed by atoms with Gasteiger partial charge in [-0.05, 0) is 18.2 Å². The molecule has 0 unspecified atom stereocenters. The van der Waals surface area contributed by atoms with Gasteiger partial charge in [-0.15, -0.1) is 0 Å². The van der Waals surface area contributed by atoms with Crippen LogP contribution in [-0.4, -0.2) is 35.2 Å². The van der Waals surface area contributed by atoms with Crippen LogP contribution < -0.4 is 4.90 Å². The number of carbonyl (C=O) groups excluding carboxylic acids is 1. The fourth-order valence-corrected chi connectivity index (χ4v) is 3.83. The lowest BCUT2D eigenvalue weighted by molar-refractivity contribution is -0.146. The van der Waals surface area contributed by atoms with Crippen molar-refractivity contribution in [1.29, 1.82) is 0 Å². The summed E-state index contributed by atoms with van der Waals surface area (Å²) in [6.07, 6.45) is 3.09. The Morgan fingerprint density at radius 1 is 1.48 bits per heavy atom. The maximum atomic E-state index is 12.7. The fraction of sp³-hybridized carbons (Fsp3) is 0.333. The molecular weight excluding hydrogens is 294 g/mol. The van der Waals surface area contributed by atoms with Crippen LogP contribution in [0.3, 0.4) is 0 Å². The van der Waals surface area contributed by atoms with E-state index in [0.29, 0.717) is 17.3 Å². The first-order valence-corrected chi connectivity index (χ1v) is 7.07. The lowest BCUT2D eigenvalue weighted by Gasteiger charge is -2.21. The lowest BCUT2D eigenvalue weighted by atomic mass is 9.77. The second kappa shape index (κ2) is 4.08. The fourth-order valence-electron chi connectivity index (χ4n) is 3.64. The summed E-state index contributed by atoms with van der Waals surface area (Å²) in [5.41, 5.74) is -0.145. The normalized spacial score (nSPS) is 36.3. The molecule has 1 amide bonds. The highest BCUT2D eigenvalue weighted by Gasteiger charge is 2.67. The first-order valence-electron chi connectivity index (χ1n) is 6.69. The Bertz CT molecular complexity index is 688.